The zero-order valence-corrected chi connectivity index (χ0v) is 21.6. The Hall–Kier alpha value is -4.35. The van der Waals surface area contributed by atoms with Gasteiger partial charge in [-0.3, -0.25) is 14.3 Å². The lowest BCUT2D eigenvalue weighted by Crippen LogP contribution is -2.51. The molecule has 4 heterocycles. The average Bonchev–Trinajstić information content (AvgIpc) is 3.51. The molecular weight excluding hydrogens is 513 g/mol. The molecule has 0 saturated carbocycles. The number of piperidine rings is 1. The topological polar surface area (TPSA) is 93.8 Å². The molecule has 0 aliphatic carbocycles. The van der Waals surface area contributed by atoms with Crippen molar-refractivity contribution in [3.05, 3.63) is 83.1 Å². The van der Waals surface area contributed by atoms with Gasteiger partial charge in [0.2, 0.25) is 0 Å². The van der Waals surface area contributed by atoms with E-state index in [4.69, 9.17) is 4.74 Å². The molecule has 1 fully saturated rings. The van der Waals surface area contributed by atoms with Crippen molar-refractivity contribution in [2.45, 2.75) is 31.5 Å². The Bertz CT molecular complexity index is 1530. The first-order chi connectivity index (χ1) is 18.6. The van der Waals surface area contributed by atoms with E-state index in [1.165, 1.54) is 7.11 Å². The van der Waals surface area contributed by atoms with Crippen molar-refractivity contribution < 1.29 is 27.5 Å². The molecule has 0 radical (unpaired) electrons. The van der Waals surface area contributed by atoms with Crippen molar-refractivity contribution in [3.8, 4) is 5.75 Å². The Kier molecular flexibility index (Phi) is 6.79. The summed E-state index contributed by atoms with van der Waals surface area (Å²) in [7, 11) is 2.66. The molecule has 0 spiro atoms. The normalized spacial score (nSPS) is 17.8. The largest absolute Gasteiger partial charge is 0.493 e. The van der Waals surface area contributed by atoms with Gasteiger partial charge in [-0.1, -0.05) is 30.3 Å². The van der Waals surface area contributed by atoms with Crippen molar-refractivity contribution in [3.63, 3.8) is 0 Å². The summed E-state index contributed by atoms with van der Waals surface area (Å²) in [6, 6.07) is 10.5. The lowest BCUT2D eigenvalue weighted by atomic mass is 9.85. The molecule has 1 N–H and O–H groups in total. The molecule has 204 valence electrons. The number of alkyl halides is 3. The van der Waals surface area contributed by atoms with E-state index in [0.29, 0.717) is 34.6 Å². The zero-order valence-electron chi connectivity index (χ0n) is 21.6. The van der Waals surface area contributed by atoms with Crippen molar-refractivity contribution in [2.75, 3.05) is 20.2 Å². The average molecular weight is 541 g/mol. The van der Waals surface area contributed by atoms with Crippen LogP contribution in [0.15, 0.2) is 55.0 Å². The van der Waals surface area contributed by atoms with Crippen LogP contribution in [0.1, 0.15) is 50.0 Å². The highest BCUT2D eigenvalue weighted by Gasteiger charge is 2.41. The number of carbonyl (C=O) groups excluding carboxylic acids is 2. The Morgan fingerprint density at radius 1 is 1.15 bits per heavy atom. The number of halogens is 3. The van der Waals surface area contributed by atoms with Crippen LogP contribution in [0.25, 0.3) is 5.65 Å². The fraction of sp³-hybridized carbons (Fsp3) is 0.333. The van der Waals surface area contributed by atoms with Crippen LogP contribution in [0, 0.1) is 6.92 Å². The van der Waals surface area contributed by atoms with Crippen LogP contribution in [0.5, 0.6) is 5.75 Å². The lowest BCUT2D eigenvalue weighted by molar-refractivity contribution is -0.144. The van der Waals surface area contributed by atoms with Gasteiger partial charge >= 0.3 is 6.18 Å². The standard InChI is InChI=1S/C27H27F3N6O3/c1-16-12-31-24-22(39-3)11-18(14-36(16)24)26(38)35-10-9-21(20(15-35)17-7-5-4-6-8-17)33-25(37)19-13-32-34(2)23(19)27(28,29)30/h4-8,11-14,20-21H,9-10,15H2,1-3H3,(H,33,37)/t20-,21-/m1/s1. The van der Waals surface area contributed by atoms with Gasteiger partial charge in [-0.25, -0.2) is 4.98 Å². The lowest BCUT2D eigenvalue weighted by Gasteiger charge is -2.39. The highest BCUT2D eigenvalue weighted by atomic mass is 19.4. The Morgan fingerprint density at radius 2 is 1.90 bits per heavy atom. The van der Waals surface area contributed by atoms with Crippen molar-refractivity contribution >= 4 is 17.5 Å². The van der Waals surface area contributed by atoms with E-state index in [1.807, 2.05) is 37.3 Å². The Morgan fingerprint density at radius 3 is 2.59 bits per heavy atom. The number of imidazole rings is 1. The van der Waals surface area contributed by atoms with E-state index in [1.54, 1.807) is 27.8 Å². The minimum atomic E-state index is -4.73. The molecule has 1 aliphatic heterocycles. The summed E-state index contributed by atoms with van der Waals surface area (Å²) in [5, 5.41) is 6.44. The van der Waals surface area contributed by atoms with Gasteiger partial charge in [0.15, 0.2) is 17.1 Å². The predicted molar refractivity (Wildman–Crippen MR) is 136 cm³/mol. The quantitative estimate of drug-likeness (QED) is 0.415. The van der Waals surface area contributed by atoms with Gasteiger partial charge in [-0.05, 0) is 25.0 Å². The van der Waals surface area contributed by atoms with E-state index in [0.717, 1.165) is 24.5 Å². The minimum Gasteiger partial charge on any atom is -0.493 e. The van der Waals surface area contributed by atoms with Crippen LogP contribution in [0.2, 0.25) is 0 Å². The Balaban J connectivity index is 1.42. The van der Waals surface area contributed by atoms with E-state index < -0.39 is 29.4 Å². The second-order valence-electron chi connectivity index (χ2n) is 9.56. The van der Waals surface area contributed by atoms with Crippen molar-refractivity contribution in [1.29, 1.82) is 0 Å². The minimum absolute atomic E-state index is 0.222. The molecule has 9 nitrogen and oxygen atoms in total. The van der Waals surface area contributed by atoms with Crippen molar-refractivity contribution in [2.24, 2.45) is 7.05 Å². The number of ether oxygens (including phenoxy) is 1. The smallest absolute Gasteiger partial charge is 0.433 e. The number of hydrogen-bond acceptors (Lipinski definition) is 5. The number of likely N-dealkylation sites (tertiary alicyclic amines) is 1. The monoisotopic (exact) mass is 540 g/mol. The number of nitrogens with one attached hydrogen (secondary N) is 1. The first-order valence-electron chi connectivity index (χ1n) is 12.3. The molecule has 1 saturated heterocycles. The molecule has 3 aromatic heterocycles. The third-order valence-electron chi connectivity index (χ3n) is 7.12. The van der Waals surface area contributed by atoms with Gasteiger partial charge < -0.3 is 19.4 Å². The van der Waals surface area contributed by atoms with E-state index in [-0.39, 0.29) is 18.4 Å². The molecule has 1 aromatic carbocycles. The number of aryl methyl sites for hydroxylation is 2. The third kappa shape index (κ3) is 4.93. The Labute approximate surface area is 222 Å². The van der Waals surface area contributed by atoms with Gasteiger partial charge in [0.05, 0.1) is 24.4 Å². The second-order valence-corrected chi connectivity index (χ2v) is 9.56. The summed E-state index contributed by atoms with van der Waals surface area (Å²) in [5.74, 6) is -0.959. The van der Waals surface area contributed by atoms with Crippen molar-refractivity contribution in [1.82, 2.24) is 29.4 Å². The number of hydrogen-bond donors (Lipinski definition) is 1. The number of benzene rings is 1. The van der Waals surface area contributed by atoms with Gasteiger partial charge in [0.25, 0.3) is 11.8 Å². The maximum Gasteiger partial charge on any atom is 0.433 e. The third-order valence-corrected chi connectivity index (χ3v) is 7.12. The fourth-order valence-electron chi connectivity index (χ4n) is 5.16. The predicted octanol–water partition coefficient (Wildman–Crippen LogP) is 3.83. The van der Waals surface area contributed by atoms with Crippen LogP contribution in [-0.4, -0.2) is 62.1 Å². The maximum atomic E-state index is 13.6. The fourth-order valence-corrected chi connectivity index (χ4v) is 5.16. The van der Waals surface area contributed by atoms with E-state index >= 15 is 0 Å². The van der Waals surface area contributed by atoms with Gasteiger partial charge in [0, 0.05) is 50.2 Å². The molecular formula is C27H27F3N6O3. The van der Waals surface area contributed by atoms with Crippen LogP contribution in [-0.2, 0) is 13.2 Å². The van der Waals surface area contributed by atoms with Gasteiger partial charge in [-0.2, -0.15) is 18.3 Å². The highest BCUT2D eigenvalue weighted by molar-refractivity contribution is 5.96. The van der Waals surface area contributed by atoms with Crippen LogP contribution >= 0.6 is 0 Å². The summed E-state index contributed by atoms with van der Waals surface area (Å²) < 4.78 is 48.6. The van der Waals surface area contributed by atoms with Crippen LogP contribution in [0.4, 0.5) is 13.2 Å². The summed E-state index contributed by atoms with van der Waals surface area (Å²) in [5.41, 5.74) is 1.08. The highest BCUT2D eigenvalue weighted by Crippen LogP contribution is 2.33. The van der Waals surface area contributed by atoms with Crippen LogP contribution < -0.4 is 10.1 Å². The number of pyridine rings is 1. The number of rotatable bonds is 5. The van der Waals surface area contributed by atoms with E-state index in [2.05, 4.69) is 15.4 Å². The van der Waals surface area contributed by atoms with Gasteiger partial charge in [-0.15, -0.1) is 0 Å². The first kappa shape index (κ1) is 26.3. The van der Waals surface area contributed by atoms with Gasteiger partial charge in [0.1, 0.15) is 0 Å². The van der Waals surface area contributed by atoms with E-state index in [9.17, 15) is 22.8 Å². The molecule has 4 aromatic rings. The number of amides is 2. The number of fused-ring (bicyclic) bond motifs is 1. The molecule has 0 bridgehead atoms. The number of carbonyl (C=O) groups is 2. The number of nitrogens with zero attached hydrogens (tertiary/aromatic N) is 5. The number of aromatic nitrogens is 4. The molecule has 0 unspecified atom stereocenters. The molecule has 5 rings (SSSR count). The van der Waals surface area contributed by atoms with Crippen LogP contribution in [0.3, 0.4) is 0 Å². The summed E-state index contributed by atoms with van der Waals surface area (Å²) >= 11 is 0. The molecule has 1 aliphatic rings. The summed E-state index contributed by atoms with van der Waals surface area (Å²) in [6.07, 6.45) is -0.0481. The molecule has 2 atom stereocenters. The molecule has 39 heavy (non-hydrogen) atoms. The summed E-state index contributed by atoms with van der Waals surface area (Å²) in [4.78, 5) is 32.7. The SMILES string of the molecule is COc1cc(C(=O)N2CC[C@@H](NC(=O)c3cnn(C)c3C(F)(F)F)[C@@H](c3ccccc3)C2)cn2c(C)cnc12. The zero-order chi connectivity index (χ0) is 27.9. The second kappa shape index (κ2) is 10.1. The summed E-state index contributed by atoms with van der Waals surface area (Å²) in [6.45, 7) is 2.44. The first-order valence-corrected chi connectivity index (χ1v) is 12.3. The molecule has 2 amide bonds. The molecule has 12 heteroatoms. The number of methoxy groups -OCH3 is 1. The maximum absolute atomic E-state index is 13.6.